The van der Waals surface area contributed by atoms with Crippen molar-refractivity contribution in [2.24, 2.45) is 18.9 Å². The van der Waals surface area contributed by atoms with Crippen LogP contribution in [0.5, 0.6) is 0 Å². The normalized spacial score (nSPS) is 24.1. The second-order valence-corrected chi connectivity index (χ2v) is 19.4. The Morgan fingerprint density at radius 3 is 2.52 bits per heavy atom. The van der Waals surface area contributed by atoms with Crippen LogP contribution < -0.4 is 21.6 Å². The molecule has 5 fully saturated rings. The molecule has 1 atom stereocenters. The number of nitrogens with zero attached hydrogens (tertiary/aromatic N) is 8. The molecule has 17 nitrogen and oxygen atoms in total. The van der Waals surface area contributed by atoms with E-state index in [2.05, 4.69) is 47.9 Å². The quantitative estimate of drug-likeness (QED) is 0.0920. The van der Waals surface area contributed by atoms with Gasteiger partial charge in [-0.3, -0.25) is 38.4 Å². The molecule has 0 bridgehead atoms. The summed E-state index contributed by atoms with van der Waals surface area (Å²) in [5, 5.41) is 12.6. The van der Waals surface area contributed by atoms with Crippen LogP contribution in [0.3, 0.4) is 0 Å². The van der Waals surface area contributed by atoms with Crippen LogP contribution in [-0.4, -0.2) is 108 Å². The first kappa shape index (κ1) is 45.0. The molecule has 3 amide bonds. The molecule has 2 saturated heterocycles. The van der Waals surface area contributed by atoms with Crippen molar-refractivity contribution >= 4 is 40.3 Å². The summed E-state index contributed by atoms with van der Waals surface area (Å²) in [4.78, 5) is 64.6. The lowest BCUT2D eigenvalue weighted by atomic mass is 9.83. The van der Waals surface area contributed by atoms with Crippen LogP contribution in [0.4, 0.5) is 20.3 Å². The highest BCUT2D eigenvalue weighted by atomic mass is 19.3. The molecule has 4 aromatic heterocycles. The Kier molecular flexibility index (Phi) is 12.8. The van der Waals surface area contributed by atoms with Gasteiger partial charge in [-0.15, -0.1) is 0 Å². The van der Waals surface area contributed by atoms with Crippen molar-refractivity contribution < 1.29 is 32.3 Å². The van der Waals surface area contributed by atoms with E-state index in [0.717, 1.165) is 88.6 Å². The number of fused-ring (bicyclic) bond motifs is 1. The number of aryl methyl sites for hydroxylation is 1. The van der Waals surface area contributed by atoms with Gasteiger partial charge in [0.1, 0.15) is 18.1 Å². The maximum Gasteiger partial charge on any atom is 0.329 e. The number of rotatable bonds is 16. The average molecular weight is 924 g/mol. The molecule has 19 heteroatoms. The number of halogens is 2. The molecule has 5 aromatic rings. The largest absolute Gasteiger partial charge is 0.444 e. The Balaban J connectivity index is 0.657. The number of anilines is 2. The summed E-state index contributed by atoms with van der Waals surface area (Å²) in [6, 6.07) is 9.11. The van der Waals surface area contributed by atoms with Crippen LogP contribution in [0.25, 0.3) is 22.5 Å². The van der Waals surface area contributed by atoms with Gasteiger partial charge in [0.25, 0.3) is 12.3 Å². The van der Waals surface area contributed by atoms with Crippen LogP contribution in [0.2, 0.25) is 0 Å². The second kappa shape index (κ2) is 19.1. The number of alkyl halides is 2. The highest BCUT2D eigenvalue weighted by Gasteiger charge is 2.37. The Labute approximate surface area is 386 Å². The predicted molar refractivity (Wildman–Crippen MR) is 245 cm³/mol. The minimum atomic E-state index is -2.86. The molecule has 1 unspecified atom stereocenters. The number of hydrogen-bond acceptors (Lipinski definition) is 12. The highest BCUT2D eigenvalue weighted by molar-refractivity contribution is 6.03. The monoisotopic (exact) mass is 923 g/mol. The van der Waals surface area contributed by atoms with Gasteiger partial charge in [0.05, 0.1) is 35.0 Å². The molecule has 3 saturated carbocycles. The number of imidazole rings is 1. The van der Waals surface area contributed by atoms with E-state index in [9.17, 15) is 28.0 Å². The fourth-order valence-electron chi connectivity index (χ4n) is 10.5. The number of para-hydroxylation sites is 1. The van der Waals surface area contributed by atoms with Gasteiger partial charge in [0, 0.05) is 70.2 Å². The van der Waals surface area contributed by atoms with Crippen LogP contribution in [0, 0.1) is 11.8 Å². The van der Waals surface area contributed by atoms with Gasteiger partial charge in [0.2, 0.25) is 17.7 Å². The lowest BCUT2D eigenvalue weighted by Crippen LogP contribution is -2.50. The van der Waals surface area contributed by atoms with Gasteiger partial charge in [-0.2, -0.15) is 5.10 Å². The average Bonchev–Trinajstić information content (AvgIpc) is 3.71. The van der Waals surface area contributed by atoms with E-state index >= 15 is 0 Å². The van der Waals surface area contributed by atoms with Crippen molar-refractivity contribution in [3.05, 3.63) is 76.4 Å². The Bertz CT molecular complexity index is 2670. The van der Waals surface area contributed by atoms with Crippen molar-refractivity contribution in [2.45, 2.75) is 120 Å². The molecule has 1 aromatic carbocycles. The van der Waals surface area contributed by atoms with Crippen LogP contribution in [0.15, 0.2) is 58.2 Å². The molecule has 0 spiro atoms. The molecular formula is C48H59F2N11O6. The molecule has 6 heterocycles. The minimum absolute atomic E-state index is 0.0248. The van der Waals surface area contributed by atoms with Crippen molar-refractivity contribution in [3.8, 4) is 11.5 Å². The number of likely N-dealkylation sites (tertiary alicyclic amines) is 1. The number of ether oxygens (including phenoxy) is 1. The van der Waals surface area contributed by atoms with Gasteiger partial charge in [0.15, 0.2) is 11.4 Å². The Morgan fingerprint density at radius 2 is 1.78 bits per heavy atom. The van der Waals surface area contributed by atoms with Gasteiger partial charge in [-0.1, -0.05) is 12.1 Å². The fourth-order valence-corrected chi connectivity index (χ4v) is 10.5. The topological polar surface area (TPSA) is 187 Å². The number of pyridine rings is 1. The molecule has 3 aliphatic carbocycles. The van der Waals surface area contributed by atoms with Crippen molar-refractivity contribution in [1.29, 1.82) is 0 Å². The molecule has 356 valence electrons. The van der Waals surface area contributed by atoms with Crippen LogP contribution in [-0.2, 0) is 27.9 Å². The number of carbonyl (C=O) groups excluding carboxylic acids is 3. The maximum absolute atomic E-state index is 14.2. The zero-order valence-corrected chi connectivity index (χ0v) is 38.0. The number of carbonyl (C=O) groups is 3. The molecule has 3 N–H and O–H groups in total. The lowest BCUT2D eigenvalue weighted by Gasteiger charge is -2.45. The molecule has 5 aliphatic rings. The third-order valence-corrected chi connectivity index (χ3v) is 14.7. The number of imide groups is 1. The number of aromatic nitrogens is 6. The standard InChI is InChI=1S/C48H59F2N11O6/c1-57(33-21-35(22-33)67-34-15-18-59(19-16-34)25-31-4-3-5-38-43(31)58(2)48(65)61(38)39-12-13-41(62)55-46(39)64)24-29-8-10-32(11-9-29)60-26-36(42(56-60)44(49)50)53-45(63)37-27-66-47(54-37)30-14-17-51-40(20-30)52-23-28-6-7-28/h3-5,14,17,20,26-29,32-35,39,44H,6-13,15-16,18-19,21-25H2,1-2H3,(H,51,52)(H,53,63)(H,55,62,64). The summed E-state index contributed by atoms with van der Waals surface area (Å²) in [6.45, 7) is 4.27. The molecule has 10 rings (SSSR count). The van der Waals surface area contributed by atoms with Crippen molar-refractivity contribution in [3.63, 3.8) is 0 Å². The first-order valence-corrected chi connectivity index (χ1v) is 23.9. The van der Waals surface area contributed by atoms with E-state index in [1.165, 1.54) is 29.9 Å². The number of benzene rings is 1. The van der Waals surface area contributed by atoms with Crippen LogP contribution in [0.1, 0.15) is 117 Å². The lowest BCUT2D eigenvalue weighted by molar-refractivity contribution is -0.135. The fraction of sp³-hybridized carbons (Fsp3) is 0.562. The van der Waals surface area contributed by atoms with E-state index in [0.29, 0.717) is 47.7 Å². The summed E-state index contributed by atoms with van der Waals surface area (Å²) >= 11 is 0. The van der Waals surface area contributed by atoms with Gasteiger partial charge >= 0.3 is 5.69 Å². The smallest absolute Gasteiger partial charge is 0.329 e. The van der Waals surface area contributed by atoms with Gasteiger partial charge in [-0.25, -0.2) is 23.5 Å². The molecule has 0 radical (unpaired) electrons. The van der Waals surface area contributed by atoms with E-state index in [4.69, 9.17) is 9.15 Å². The summed E-state index contributed by atoms with van der Waals surface area (Å²) in [7, 11) is 3.94. The third-order valence-electron chi connectivity index (χ3n) is 14.7. The van der Waals surface area contributed by atoms with E-state index in [1.807, 2.05) is 18.2 Å². The molecule has 67 heavy (non-hydrogen) atoms. The number of amides is 3. The minimum Gasteiger partial charge on any atom is -0.444 e. The predicted octanol–water partition coefficient (Wildman–Crippen LogP) is 6.45. The van der Waals surface area contributed by atoms with E-state index < -0.39 is 30.0 Å². The number of hydrogen-bond donors (Lipinski definition) is 3. The summed E-state index contributed by atoms with van der Waals surface area (Å²) in [5.41, 5.74) is 2.43. The number of piperidine rings is 2. The van der Waals surface area contributed by atoms with Crippen molar-refractivity contribution in [2.75, 3.05) is 43.9 Å². The summed E-state index contributed by atoms with van der Waals surface area (Å²) in [5.74, 6) is 0.690. The highest BCUT2D eigenvalue weighted by Crippen LogP contribution is 2.38. The summed E-state index contributed by atoms with van der Waals surface area (Å²) < 4.78 is 45.4. The zero-order valence-electron chi connectivity index (χ0n) is 38.0. The first-order chi connectivity index (χ1) is 32.4. The first-order valence-electron chi connectivity index (χ1n) is 23.9. The van der Waals surface area contributed by atoms with Gasteiger partial charge in [-0.05, 0) is 113 Å². The molecule has 2 aliphatic heterocycles. The Morgan fingerprint density at radius 1 is 1.00 bits per heavy atom. The Hall–Kier alpha value is -5.79. The van der Waals surface area contributed by atoms with Gasteiger partial charge < -0.3 is 24.7 Å². The van der Waals surface area contributed by atoms with E-state index in [1.54, 1.807) is 34.6 Å². The van der Waals surface area contributed by atoms with Crippen molar-refractivity contribution in [1.82, 2.24) is 44.0 Å². The zero-order chi connectivity index (χ0) is 46.3. The van der Waals surface area contributed by atoms with E-state index in [-0.39, 0.29) is 53.5 Å². The summed E-state index contributed by atoms with van der Waals surface area (Å²) in [6.07, 6.45) is 12.3. The maximum atomic E-state index is 14.2. The number of nitrogens with one attached hydrogen (secondary N) is 3. The third kappa shape index (κ3) is 9.81. The van der Waals surface area contributed by atoms with Crippen LogP contribution >= 0.6 is 0 Å². The molecular weight excluding hydrogens is 865 g/mol. The SMILES string of the molecule is CN(CC1CCC(n2cc(NC(=O)c3coc(-c4ccnc(NCC5CC5)c4)n3)c(C(F)F)n2)CC1)C1CC(OC2CCN(Cc3cccc4c3n(C)c(=O)n4C3CCC(=O)NC3=O)CC2)C1. The number of oxazole rings is 1. The second-order valence-electron chi connectivity index (χ2n) is 19.4.